The number of carbonyl (C=O) groups is 2. The summed E-state index contributed by atoms with van der Waals surface area (Å²) in [4.78, 5) is 30.9. The molecule has 7 nitrogen and oxygen atoms in total. The molecule has 0 spiro atoms. The van der Waals surface area contributed by atoms with Crippen LogP contribution < -0.4 is 5.32 Å². The first kappa shape index (κ1) is 21.2. The van der Waals surface area contributed by atoms with Crippen LogP contribution >= 0.6 is 11.3 Å². The first-order chi connectivity index (χ1) is 15.5. The lowest BCUT2D eigenvalue weighted by Crippen LogP contribution is -2.64. The SMILES string of the molecule is C[C@@H](O)[C@H]1C(=O)N2C(C(=O)O)=C3C(CNc4nc(Cc5ccccc5)cs4)CCC[C@@H]3[C@H]12. The molecular weight excluding hydrogens is 426 g/mol. The van der Waals surface area contributed by atoms with E-state index in [1.165, 1.54) is 10.5 Å². The van der Waals surface area contributed by atoms with Crippen molar-refractivity contribution in [1.82, 2.24) is 9.88 Å². The van der Waals surface area contributed by atoms with Crippen molar-refractivity contribution >= 4 is 28.3 Å². The molecule has 1 unspecified atom stereocenters. The van der Waals surface area contributed by atoms with Gasteiger partial charge in [-0.25, -0.2) is 9.78 Å². The number of hydrogen-bond acceptors (Lipinski definition) is 6. The number of β-lactam (4-membered cyclic amide) rings is 1. The fourth-order valence-electron chi connectivity index (χ4n) is 5.70. The van der Waals surface area contributed by atoms with Crippen molar-refractivity contribution in [3.8, 4) is 0 Å². The molecule has 3 heterocycles. The Kier molecular flexibility index (Phi) is 5.51. The maximum Gasteiger partial charge on any atom is 0.352 e. The molecule has 1 amide bonds. The minimum atomic E-state index is -1.05. The second kappa shape index (κ2) is 8.33. The highest BCUT2D eigenvalue weighted by molar-refractivity contribution is 7.13. The van der Waals surface area contributed by atoms with E-state index in [0.29, 0.717) is 6.54 Å². The summed E-state index contributed by atoms with van der Waals surface area (Å²) >= 11 is 1.56. The monoisotopic (exact) mass is 453 g/mol. The standard InChI is InChI=1S/C24H27N3O4S/c1-13(28)18-20-17-9-5-8-15(19(17)21(23(30)31)27(20)22(18)29)11-25-24-26-16(12-32-24)10-14-6-3-2-4-7-14/h2-4,6-7,12-13,15,17-18,20,28H,5,8-11H2,1H3,(H,25,26)(H,30,31)/t13-,15?,17+,18-,20-/m1/s1. The van der Waals surface area contributed by atoms with Gasteiger partial charge < -0.3 is 20.4 Å². The summed E-state index contributed by atoms with van der Waals surface area (Å²) < 4.78 is 0. The molecule has 5 atom stereocenters. The van der Waals surface area contributed by atoms with Gasteiger partial charge in [0.2, 0.25) is 5.91 Å². The highest BCUT2D eigenvalue weighted by Crippen LogP contribution is 2.53. The summed E-state index contributed by atoms with van der Waals surface area (Å²) in [5, 5.41) is 26.3. The Morgan fingerprint density at radius 2 is 2.09 bits per heavy atom. The van der Waals surface area contributed by atoms with E-state index >= 15 is 0 Å². The van der Waals surface area contributed by atoms with Gasteiger partial charge in [-0.15, -0.1) is 11.3 Å². The summed E-state index contributed by atoms with van der Waals surface area (Å²) in [6, 6.07) is 9.98. The topological polar surface area (TPSA) is 103 Å². The van der Waals surface area contributed by atoms with Crippen LogP contribution in [0.1, 0.15) is 37.4 Å². The molecule has 2 fully saturated rings. The summed E-state index contributed by atoms with van der Waals surface area (Å²) in [5.74, 6) is -1.76. The van der Waals surface area contributed by atoms with E-state index in [9.17, 15) is 19.8 Å². The number of carboxylic acid groups (broad SMARTS) is 1. The number of carboxylic acids is 1. The van der Waals surface area contributed by atoms with Gasteiger partial charge in [-0.05, 0) is 30.9 Å². The van der Waals surface area contributed by atoms with Gasteiger partial charge in [-0.2, -0.15) is 0 Å². The smallest absolute Gasteiger partial charge is 0.352 e. The summed E-state index contributed by atoms with van der Waals surface area (Å²) in [5.41, 5.74) is 3.24. The van der Waals surface area contributed by atoms with Crippen LogP contribution in [-0.4, -0.2) is 50.7 Å². The highest BCUT2D eigenvalue weighted by atomic mass is 32.1. The molecule has 5 rings (SSSR count). The second-order valence-electron chi connectivity index (χ2n) is 9.00. The summed E-state index contributed by atoms with van der Waals surface area (Å²) in [6.07, 6.45) is 2.73. The molecule has 3 N–H and O–H groups in total. The second-order valence-corrected chi connectivity index (χ2v) is 9.85. The number of hydrogen-bond donors (Lipinski definition) is 3. The molecule has 0 radical (unpaired) electrons. The number of aliphatic hydroxyl groups is 1. The minimum Gasteiger partial charge on any atom is -0.477 e. The molecule has 3 aliphatic rings. The third kappa shape index (κ3) is 3.51. The van der Waals surface area contributed by atoms with Gasteiger partial charge in [-0.1, -0.05) is 36.8 Å². The lowest BCUT2D eigenvalue weighted by Gasteiger charge is -2.47. The first-order valence-corrected chi connectivity index (χ1v) is 12.0. The van der Waals surface area contributed by atoms with E-state index in [0.717, 1.165) is 42.1 Å². The van der Waals surface area contributed by atoms with E-state index in [2.05, 4.69) is 17.4 Å². The van der Waals surface area contributed by atoms with E-state index in [4.69, 9.17) is 4.98 Å². The zero-order valence-corrected chi connectivity index (χ0v) is 18.7. The van der Waals surface area contributed by atoms with Crippen molar-refractivity contribution in [2.24, 2.45) is 17.8 Å². The first-order valence-electron chi connectivity index (χ1n) is 11.2. The molecule has 2 aliphatic heterocycles. The molecule has 8 heteroatoms. The quantitative estimate of drug-likeness (QED) is 0.557. The van der Waals surface area contributed by atoms with Crippen LogP contribution in [0.2, 0.25) is 0 Å². The zero-order valence-electron chi connectivity index (χ0n) is 17.9. The number of amides is 1. The number of thiazole rings is 1. The van der Waals surface area contributed by atoms with Gasteiger partial charge in [-0.3, -0.25) is 4.79 Å². The third-order valence-electron chi connectivity index (χ3n) is 7.02. The number of rotatable bonds is 7. The van der Waals surface area contributed by atoms with Crippen LogP contribution in [0.25, 0.3) is 0 Å². The van der Waals surface area contributed by atoms with Crippen molar-refractivity contribution in [2.45, 2.75) is 44.8 Å². The lowest BCUT2D eigenvalue weighted by atomic mass is 9.69. The number of anilines is 1. The van der Waals surface area contributed by atoms with Crippen LogP contribution in [0, 0.1) is 17.8 Å². The van der Waals surface area contributed by atoms with E-state index in [-0.39, 0.29) is 29.5 Å². The maximum atomic E-state index is 12.6. The molecule has 32 heavy (non-hydrogen) atoms. The molecule has 168 valence electrons. The molecule has 1 aliphatic carbocycles. The van der Waals surface area contributed by atoms with Gasteiger partial charge in [0.15, 0.2) is 5.13 Å². The lowest BCUT2D eigenvalue weighted by molar-refractivity contribution is -0.163. The van der Waals surface area contributed by atoms with E-state index < -0.39 is 18.0 Å². The molecule has 2 aromatic rings. The van der Waals surface area contributed by atoms with Crippen LogP contribution in [0.5, 0.6) is 0 Å². The molecule has 1 aromatic heterocycles. The van der Waals surface area contributed by atoms with Crippen molar-refractivity contribution in [1.29, 1.82) is 0 Å². The van der Waals surface area contributed by atoms with Gasteiger partial charge in [0.25, 0.3) is 0 Å². The number of benzene rings is 1. The average molecular weight is 454 g/mol. The van der Waals surface area contributed by atoms with Crippen molar-refractivity contribution in [2.75, 3.05) is 11.9 Å². The maximum absolute atomic E-state index is 12.6. The Bertz CT molecular complexity index is 1060. The Hall–Kier alpha value is -2.71. The van der Waals surface area contributed by atoms with Gasteiger partial charge in [0.05, 0.1) is 23.8 Å². The normalized spacial score (nSPS) is 27.6. The summed E-state index contributed by atoms with van der Waals surface area (Å²) in [6.45, 7) is 2.21. The van der Waals surface area contributed by atoms with Gasteiger partial charge in [0, 0.05) is 30.2 Å². The number of fused-ring (bicyclic) bond motifs is 3. The Labute approximate surface area is 190 Å². The zero-order chi connectivity index (χ0) is 22.4. The van der Waals surface area contributed by atoms with Gasteiger partial charge >= 0.3 is 5.97 Å². The Morgan fingerprint density at radius 3 is 2.81 bits per heavy atom. The van der Waals surface area contributed by atoms with Crippen molar-refractivity contribution < 1.29 is 19.8 Å². The molecule has 1 saturated heterocycles. The van der Waals surface area contributed by atoms with Gasteiger partial charge in [0.1, 0.15) is 5.70 Å². The number of aromatic nitrogens is 1. The number of aliphatic carboxylic acids is 1. The molecular formula is C24H27N3O4S. The largest absolute Gasteiger partial charge is 0.477 e. The Balaban J connectivity index is 1.32. The van der Waals surface area contributed by atoms with Crippen LogP contribution in [-0.2, 0) is 16.0 Å². The van der Waals surface area contributed by atoms with E-state index in [1.54, 1.807) is 18.3 Å². The number of nitrogens with zero attached hydrogens (tertiary/aromatic N) is 2. The summed E-state index contributed by atoms with van der Waals surface area (Å²) in [7, 11) is 0. The third-order valence-corrected chi connectivity index (χ3v) is 7.87. The number of carbonyl (C=O) groups excluding carboxylic acids is 1. The van der Waals surface area contributed by atoms with Crippen LogP contribution in [0.4, 0.5) is 5.13 Å². The molecule has 1 saturated carbocycles. The van der Waals surface area contributed by atoms with E-state index in [1.807, 2.05) is 23.6 Å². The Morgan fingerprint density at radius 1 is 1.31 bits per heavy atom. The molecule has 1 aromatic carbocycles. The number of nitrogens with one attached hydrogen (secondary N) is 1. The number of aliphatic hydroxyl groups excluding tert-OH is 1. The molecule has 0 bridgehead atoms. The highest BCUT2D eigenvalue weighted by Gasteiger charge is 2.62. The van der Waals surface area contributed by atoms with Crippen molar-refractivity contribution in [3.05, 3.63) is 58.2 Å². The minimum absolute atomic E-state index is 0.0175. The van der Waals surface area contributed by atoms with Crippen LogP contribution in [0.3, 0.4) is 0 Å². The predicted molar refractivity (Wildman–Crippen MR) is 121 cm³/mol. The van der Waals surface area contributed by atoms with Crippen LogP contribution in [0.15, 0.2) is 47.0 Å². The average Bonchev–Trinajstić information content (AvgIpc) is 3.33. The fourth-order valence-corrected chi connectivity index (χ4v) is 6.42. The predicted octanol–water partition coefficient (Wildman–Crippen LogP) is 3.12. The fraction of sp³-hybridized carbons (Fsp3) is 0.458. The van der Waals surface area contributed by atoms with Crippen molar-refractivity contribution in [3.63, 3.8) is 0 Å².